The standard InChI is InChI=1S/C14H23N5O2/c1-3-9-21-12-5-6-17-14(18-12)19-8-7-15-10-11(19)13(20)16-4-2/h5-6,11,15H,3-4,7-10H2,1-2H3,(H,16,20). The van der Waals surface area contributed by atoms with Crippen molar-refractivity contribution in [1.29, 1.82) is 0 Å². The molecule has 1 aliphatic rings. The molecule has 1 unspecified atom stereocenters. The molecule has 0 aliphatic carbocycles. The minimum absolute atomic E-state index is 0.00632. The van der Waals surface area contributed by atoms with E-state index in [4.69, 9.17) is 4.74 Å². The zero-order valence-electron chi connectivity index (χ0n) is 12.6. The second-order valence-electron chi connectivity index (χ2n) is 4.85. The lowest BCUT2D eigenvalue weighted by Crippen LogP contribution is -2.58. The fraction of sp³-hybridized carbons (Fsp3) is 0.643. The van der Waals surface area contributed by atoms with Gasteiger partial charge >= 0.3 is 0 Å². The number of piperazine rings is 1. The summed E-state index contributed by atoms with van der Waals surface area (Å²) in [4.78, 5) is 22.8. The summed E-state index contributed by atoms with van der Waals surface area (Å²) < 4.78 is 5.54. The lowest BCUT2D eigenvalue weighted by Gasteiger charge is -2.35. The summed E-state index contributed by atoms with van der Waals surface area (Å²) in [6.07, 6.45) is 2.60. The molecule has 2 N–H and O–H groups in total. The maximum Gasteiger partial charge on any atom is 0.244 e. The van der Waals surface area contributed by atoms with Gasteiger partial charge < -0.3 is 20.3 Å². The molecule has 1 aromatic rings. The van der Waals surface area contributed by atoms with Crippen LogP contribution < -0.4 is 20.3 Å². The van der Waals surface area contributed by atoms with Gasteiger partial charge in [-0.25, -0.2) is 4.98 Å². The van der Waals surface area contributed by atoms with Crippen LogP contribution >= 0.6 is 0 Å². The first-order chi connectivity index (χ1) is 10.3. The minimum atomic E-state index is -0.292. The molecular weight excluding hydrogens is 270 g/mol. The van der Waals surface area contributed by atoms with Gasteiger partial charge in [0.2, 0.25) is 17.7 Å². The molecule has 0 radical (unpaired) electrons. The third-order valence-electron chi connectivity index (χ3n) is 3.23. The van der Waals surface area contributed by atoms with Crippen LogP contribution in [0.15, 0.2) is 12.3 Å². The van der Waals surface area contributed by atoms with Crippen molar-refractivity contribution in [3.05, 3.63) is 12.3 Å². The number of likely N-dealkylation sites (N-methyl/N-ethyl adjacent to an activating group) is 1. The molecule has 0 spiro atoms. The van der Waals surface area contributed by atoms with Crippen molar-refractivity contribution >= 4 is 11.9 Å². The van der Waals surface area contributed by atoms with Gasteiger partial charge in [-0.05, 0) is 13.3 Å². The average Bonchev–Trinajstić information content (AvgIpc) is 2.53. The van der Waals surface area contributed by atoms with E-state index >= 15 is 0 Å². The lowest BCUT2D eigenvalue weighted by molar-refractivity contribution is -0.122. The first kappa shape index (κ1) is 15.5. The Kier molecular flexibility index (Phi) is 5.74. The fourth-order valence-corrected chi connectivity index (χ4v) is 2.23. The molecule has 1 atom stereocenters. The Morgan fingerprint density at radius 3 is 3.19 bits per heavy atom. The van der Waals surface area contributed by atoms with Crippen LogP contribution in [0.25, 0.3) is 0 Å². The molecule has 0 saturated carbocycles. The second-order valence-corrected chi connectivity index (χ2v) is 4.85. The van der Waals surface area contributed by atoms with E-state index in [1.807, 2.05) is 18.7 Å². The van der Waals surface area contributed by atoms with Crippen molar-refractivity contribution in [3.8, 4) is 5.88 Å². The fourth-order valence-electron chi connectivity index (χ4n) is 2.23. The van der Waals surface area contributed by atoms with E-state index in [0.29, 0.717) is 38.1 Å². The topological polar surface area (TPSA) is 79.4 Å². The molecular formula is C14H23N5O2. The third kappa shape index (κ3) is 4.04. The molecule has 1 saturated heterocycles. The van der Waals surface area contributed by atoms with Gasteiger partial charge in [-0.15, -0.1) is 0 Å². The van der Waals surface area contributed by atoms with Crippen molar-refractivity contribution in [2.24, 2.45) is 0 Å². The number of carbonyl (C=O) groups is 1. The van der Waals surface area contributed by atoms with E-state index in [1.165, 1.54) is 0 Å². The number of ether oxygens (including phenoxy) is 1. The molecule has 1 aliphatic heterocycles. The number of nitrogens with zero attached hydrogens (tertiary/aromatic N) is 3. The summed E-state index contributed by atoms with van der Waals surface area (Å²) in [6, 6.07) is 1.45. The Bertz CT molecular complexity index is 468. The molecule has 2 heterocycles. The van der Waals surface area contributed by atoms with Gasteiger partial charge in [0.05, 0.1) is 6.61 Å². The highest BCUT2D eigenvalue weighted by Crippen LogP contribution is 2.16. The second kappa shape index (κ2) is 7.78. The summed E-state index contributed by atoms with van der Waals surface area (Å²) in [6.45, 7) is 7.28. The van der Waals surface area contributed by atoms with Crippen LogP contribution in [0.2, 0.25) is 0 Å². The van der Waals surface area contributed by atoms with E-state index in [1.54, 1.807) is 12.3 Å². The number of anilines is 1. The SMILES string of the molecule is CCCOc1ccnc(N2CCNCC2C(=O)NCC)n1. The van der Waals surface area contributed by atoms with Crippen LogP contribution in [0.3, 0.4) is 0 Å². The normalized spacial score (nSPS) is 18.4. The van der Waals surface area contributed by atoms with Crippen LogP contribution in [0, 0.1) is 0 Å². The van der Waals surface area contributed by atoms with Gasteiger partial charge in [0.25, 0.3) is 0 Å². The van der Waals surface area contributed by atoms with Crippen LogP contribution in [0.4, 0.5) is 5.95 Å². The Hall–Kier alpha value is -1.89. The van der Waals surface area contributed by atoms with Gasteiger partial charge in [-0.1, -0.05) is 6.92 Å². The highest BCUT2D eigenvalue weighted by atomic mass is 16.5. The molecule has 1 fully saturated rings. The van der Waals surface area contributed by atoms with E-state index in [0.717, 1.165) is 13.0 Å². The van der Waals surface area contributed by atoms with Crippen LogP contribution in [-0.4, -0.2) is 54.7 Å². The zero-order valence-corrected chi connectivity index (χ0v) is 12.6. The van der Waals surface area contributed by atoms with Crippen LogP contribution in [0.5, 0.6) is 5.88 Å². The summed E-state index contributed by atoms with van der Waals surface area (Å²) in [5.41, 5.74) is 0. The molecule has 7 heteroatoms. The van der Waals surface area contributed by atoms with E-state index < -0.39 is 0 Å². The van der Waals surface area contributed by atoms with Gasteiger partial charge in [0.15, 0.2) is 0 Å². The summed E-state index contributed by atoms with van der Waals surface area (Å²) in [5, 5.41) is 6.09. The third-order valence-corrected chi connectivity index (χ3v) is 3.23. The van der Waals surface area contributed by atoms with Gasteiger partial charge in [0, 0.05) is 38.4 Å². The lowest BCUT2D eigenvalue weighted by atomic mass is 10.2. The predicted octanol–water partition coefficient (Wildman–Crippen LogP) is 0.180. The van der Waals surface area contributed by atoms with Gasteiger partial charge in [-0.3, -0.25) is 4.79 Å². The number of rotatable bonds is 6. The van der Waals surface area contributed by atoms with Crippen molar-refractivity contribution in [3.63, 3.8) is 0 Å². The number of nitrogens with one attached hydrogen (secondary N) is 2. The van der Waals surface area contributed by atoms with Crippen molar-refractivity contribution in [1.82, 2.24) is 20.6 Å². The monoisotopic (exact) mass is 293 g/mol. The number of carbonyl (C=O) groups excluding carboxylic acids is 1. The van der Waals surface area contributed by atoms with E-state index in [2.05, 4.69) is 20.6 Å². The number of amides is 1. The zero-order chi connectivity index (χ0) is 15.1. The maximum absolute atomic E-state index is 12.2. The molecule has 0 bridgehead atoms. The molecule has 7 nitrogen and oxygen atoms in total. The van der Waals surface area contributed by atoms with Gasteiger partial charge in [0.1, 0.15) is 6.04 Å². The number of hydrogen-bond donors (Lipinski definition) is 2. The van der Waals surface area contributed by atoms with Gasteiger partial charge in [-0.2, -0.15) is 4.98 Å². The molecule has 116 valence electrons. The summed E-state index contributed by atoms with van der Waals surface area (Å²) in [7, 11) is 0. The first-order valence-electron chi connectivity index (χ1n) is 7.47. The average molecular weight is 293 g/mol. The Labute approximate surface area is 125 Å². The van der Waals surface area contributed by atoms with Crippen LogP contribution in [0.1, 0.15) is 20.3 Å². The van der Waals surface area contributed by atoms with E-state index in [-0.39, 0.29) is 11.9 Å². The maximum atomic E-state index is 12.2. The summed E-state index contributed by atoms with van der Waals surface area (Å²) >= 11 is 0. The smallest absolute Gasteiger partial charge is 0.244 e. The number of hydrogen-bond acceptors (Lipinski definition) is 6. The van der Waals surface area contributed by atoms with Crippen molar-refractivity contribution in [2.45, 2.75) is 26.3 Å². The van der Waals surface area contributed by atoms with Crippen LogP contribution in [-0.2, 0) is 4.79 Å². The number of aromatic nitrogens is 2. The molecule has 0 aromatic carbocycles. The summed E-state index contributed by atoms with van der Waals surface area (Å²) in [5.74, 6) is 1.09. The molecule has 21 heavy (non-hydrogen) atoms. The Morgan fingerprint density at radius 1 is 1.57 bits per heavy atom. The van der Waals surface area contributed by atoms with Crippen molar-refractivity contribution < 1.29 is 9.53 Å². The first-order valence-corrected chi connectivity index (χ1v) is 7.47. The molecule has 1 amide bonds. The molecule has 1 aromatic heterocycles. The highest BCUT2D eigenvalue weighted by molar-refractivity contribution is 5.85. The van der Waals surface area contributed by atoms with Crippen molar-refractivity contribution in [2.75, 3.05) is 37.7 Å². The largest absolute Gasteiger partial charge is 0.478 e. The predicted molar refractivity (Wildman–Crippen MR) is 80.5 cm³/mol. The minimum Gasteiger partial charge on any atom is -0.478 e. The Morgan fingerprint density at radius 2 is 2.43 bits per heavy atom. The molecule has 2 rings (SSSR count). The quantitative estimate of drug-likeness (QED) is 0.779. The van der Waals surface area contributed by atoms with E-state index in [9.17, 15) is 4.79 Å². The highest BCUT2D eigenvalue weighted by Gasteiger charge is 2.30. The Balaban J connectivity index is 2.14.